The first kappa shape index (κ1) is 15.8. The second kappa shape index (κ2) is 8.02. The fraction of sp³-hybridized carbons (Fsp3) is 0.923. The summed E-state index contributed by atoms with van der Waals surface area (Å²) in [5.74, 6) is 0.918. The Morgan fingerprint density at radius 3 is 2.78 bits per heavy atom. The van der Waals surface area contributed by atoms with Crippen molar-refractivity contribution in [2.45, 2.75) is 43.9 Å². The second-order valence-corrected chi connectivity index (χ2v) is 6.29. The Hall–Kier alpha value is -0.260. The quantitative estimate of drug-likeness (QED) is 0.514. The maximum Gasteiger partial charge on any atom is 0.325 e. The molecule has 4 nitrogen and oxygen atoms in total. The van der Waals surface area contributed by atoms with Crippen LogP contribution >= 0.6 is 11.8 Å². The fourth-order valence-electron chi connectivity index (χ4n) is 1.87. The van der Waals surface area contributed by atoms with Gasteiger partial charge in [-0.25, -0.2) is 0 Å². The van der Waals surface area contributed by atoms with Gasteiger partial charge in [0.05, 0.1) is 25.6 Å². The van der Waals surface area contributed by atoms with E-state index in [-0.39, 0.29) is 5.97 Å². The first-order valence-corrected chi connectivity index (χ1v) is 7.70. The summed E-state index contributed by atoms with van der Waals surface area (Å²) in [6.07, 6.45) is 2.85. The zero-order chi connectivity index (χ0) is 13.4. The van der Waals surface area contributed by atoms with E-state index in [0.717, 1.165) is 44.8 Å². The van der Waals surface area contributed by atoms with E-state index >= 15 is 0 Å². The molecular formula is C13H25NO3S. The summed E-state index contributed by atoms with van der Waals surface area (Å²) in [6, 6.07) is 0. The van der Waals surface area contributed by atoms with Gasteiger partial charge in [-0.15, -0.1) is 0 Å². The van der Waals surface area contributed by atoms with Crippen molar-refractivity contribution < 1.29 is 14.3 Å². The van der Waals surface area contributed by atoms with Crippen LogP contribution in [0.15, 0.2) is 0 Å². The smallest absolute Gasteiger partial charge is 0.325 e. The van der Waals surface area contributed by atoms with Gasteiger partial charge in [0.2, 0.25) is 0 Å². The summed E-state index contributed by atoms with van der Waals surface area (Å²) in [7, 11) is 1.45. The number of hydrogen-bond donors (Lipinski definition) is 1. The molecule has 5 heteroatoms. The third kappa shape index (κ3) is 4.78. The highest BCUT2D eigenvalue weighted by atomic mass is 32.2. The number of hydrogen-bond acceptors (Lipinski definition) is 5. The van der Waals surface area contributed by atoms with Crippen molar-refractivity contribution in [1.29, 1.82) is 0 Å². The predicted molar refractivity (Wildman–Crippen MR) is 75.0 cm³/mol. The molecule has 1 N–H and O–H groups in total. The number of nitrogens with one attached hydrogen (secondary N) is 1. The van der Waals surface area contributed by atoms with Crippen molar-refractivity contribution in [2.24, 2.45) is 0 Å². The molecule has 0 aromatic rings. The molecule has 0 radical (unpaired) electrons. The largest absolute Gasteiger partial charge is 0.468 e. The van der Waals surface area contributed by atoms with Crippen LogP contribution < -0.4 is 5.32 Å². The molecule has 1 aliphatic heterocycles. The van der Waals surface area contributed by atoms with Crippen LogP contribution in [0.3, 0.4) is 0 Å². The normalized spacial score (nSPS) is 19.1. The van der Waals surface area contributed by atoms with Crippen LogP contribution in [0.2, 0.25) is 0 Å². The molecule has 0 spiro atoms. The monoisotopic (exact) mass is 275 g/mol. The third-order valence-electron chi connectivity index (χ3n) is 3.18. The molecule has 1 rings (SSSR count). The zero-order valence-corrected chi connectivity index (χ0v) is 12.5. The molecule has 0 aromatic heterocycles. The molecule has 0 amide bonds. The number of methoxy groups -OCH3 is 1. The van der Waals surface area contributed by atoms with E-state index in [1.165, 1.54) is 7.11 Å². The molecule has 1 unspecified atom stereocenters. The van der Waals surface area contributed by atoms with Gasteiger partial charge >= 0.3 is 5.97 Å². The lowest BCUT2D eigenvalue weighted by atomic mass is 9.96. The van der Waals surface area contributed by atoms with E-state index in [2.05, 4.69) is 12.2 Å². The first-order valence-electron chi connectivity index (χ1n) is 6.65. The van der Waals surface area contributed by atoms with Crippen LogP contribution in [0, 0.1) is 0 Å². The predicted octanol–water partition coefficient (Wildman–Crippen LogP) is 1.83. The third-order valence-corrected chi connectivity index (χ3v) is 4.45. The minimum Gasteiger partial charge on any atom is -0.468 e. The topological polar surface area (TPSA) is 47.6 Å². The van der Waals surface area contributed by atoms with Crippen molar-refractivity contribution in [3.63, 3.8) is 0 Å². The minimum atomic E-state index is -0.540. The Morgan fingerprint density at radius 2 is 2.28 bits per heavy atom. The van der Waals surface area contributed by atoms with Gasteiger partial charge in [-0.1, -0.05) is 6.92 Å². The number of ether oxygens (including phenoxy) is 2. The maximum atomic E-state index is 11.8. The van der Waals surface area contributed by atoms with Gasteiger partial charge in [0.1, 0.15) is 5.54 Å². The van der Waals surface area contributed by atoms with Crippen molar-refractivity contribution in [3.8, 4) is 0 Å². The number of thioether (sulfide) groups is 1. The Labute approximate surface area is 114 Å². The minimum absolute atomic E-state index is 0.159. The lowest BCUT2D eigenvalue weighted by Gasteiger charge is -2.29. The number of carbonyl (C=O) groups excluding carboxylic acids is 1. The van der Waals surface area contributed by atoms with Gasteiger partial charge in [0, 0.05) is 0 Å². The molecule has 1 atom stereocenters. The summed E-state index contributed by atoms with van der Waals surface area (Å²) in [5.41, 5.74) is -0.540. The SMILES string of the molecule is CCCNC(C)(CCCSC1COC1)C(=O)OC. The number of carbonyl (C=O) groups is 1. The molecule has 0 aromatic carbocycles. The van der Waals surface area contributed by atoms with E-state index in [1.54, 1.807) is 0 Å². The van der Waals surface area contributed by atoms with Crippen LogP contribution in [0.25, 0.3) is 0 Å². The molecule has 1 aliphatic rings. The van der Waals surface area contributed by atoms with Crippen LogP contribution in [-0.2, 0) is 14.3 Å². The van der Waals surface area contributed by atoms with Crippen LogP contribution in [0.4, 0.5) is 0 Å². The van der Waals surface area contributed by atoms with Gasteiger partial charge in [0.15, 0.2) is 0 Å². The second-order valence-electron chi connectivity index (χ2n) is 4.88. The first-order chi connectivity index (χ1) is 8.62. The Morgan fingerprint density at radius 1 is 1.56 bits per heavy atom. The molecule has 0 aliphatic carbocycles. The average Bonchev–Trinajstić information content (AvgIpc) is 2.32. The van der Waals surface area contributed by atoms with Crippen LogP contribution in [0.1, 0.15) is 33.1 Å². The van der Waals surface area contributed by atoms with Gasteiger partial charge in [-0.2, -0.15) is 11.8 Å². The highest BCUT2D eigenvalue weighted by Crippen LogP contribution is 2.22. The maximum absolute atomic E-state index is 11.8. The molecule has 1 heterocycles. The molecule has 0 saturated carbocycles. The van der Waals surface area contributed by atoms with Crippen molar-refractivity contribution in [3.05, 3.63) is 0 Å². The summed E-state index contributed by atoms with van der Waals surface area (Å²) in [4.78, 5) is 11.8. The van der Waals surface area contributed by atoms with Crippen LogP contribution in [0.5, 0.6) is 0 Å². The van der Waals surface area contributed by atoms with E-state index in [1.807, 2.05) is 18.7 Å². The van der Waals surface area contributed by atoms with Gasteiger partial charge < -0.3 is 14.8 Å². The van der Waals surface area contributed by atoms with Crippen LogP contribution in [-0.4, -0.2) is 49.4 Å². The Bertz CT molecular complexity index is 259. The highest BCUT2D eigenvalue weighted by molar-refractivity contribution is 8.00. The molecular weight excluding hydrogens is 250 g/mol. The summed E-state index contributed by atoms with van der Waals surface area (Å²) < 4.78 is 10.0. The number of esters is 1. The van der Waals surface area contributed by atoms with Crippen molar-refractivity contribution in [2.75, 3.05) is 32.6 Å². The van der Waals surface area contributed by atoms with E-state index in [0.29, 0.717) is 5.25 Å². The van der Waals surface area contributed by atoms with E-state index < -0.39 is 5.54 Å². The van der Waals surface area contributed by atoms with Gasteiger partial charge in [-0.05, 0) is 38.5 Å². The summed E-state index contributed by atoms with van der Waals surface area (Å²) in [6.45, 7) is 6.64. The highest BCUT2D eigenvalue weighted by Gasteiger charge is 2.33. The summed E-state index contributed by atoms with van der Waals surface area (Å²) in [5, 5.41) is 3.97. The number of rotatable bonds is 9. The Kier molecular flexibility index (Phi) is 7.04. The lowest BCUT2D eigenvalue weighted by Crippen LogP contribution is -2.50. The summed E-state index contributed by atoms with van der Waals surface area (Å²) >= 11 is 1.94. The molecule has 18 heavy (non-hydrogen) atoms. The molecule has 1 saturated heterocycles. The molecule has 1 fully saturated rings. The molecule has 106 valence electrons. The lowest BCUT2D eigenvalue weighted by molar-refractivity contribution is -0.148. The van der Waals surface area contributed by atoms with Crippen molar-refractivity contribution in [1.82, 2.24) is 5.32 Å². The molecule has 0 bridgehead atoms. The van der Waals surface area contributed by atoms with Crippen molar-refractivity contribution >= 4 is 17.7 Å². The van der Waals surface area contributed by atoms with Gasteiger partial charge in [-0.3, -0.25) is 4.79 Å². The zero-order valence-electron chi connectivity index (χ0n) is 11.7. The standard InChI is InChI=1S/C13H25NO3S/c1-4-7-14-13(2,12(15)16-3)6-5-8-18-11-9-17-10-11/h11,14H,4-10H2,1-3H3. The van der Waals surface area contributed by atoms with E-state index in [4.69, 9.17) is 9.47 Å². The van der Waals surface area contributed by atoms with E-state index in [9.17, 15) is 4.79 Å². The average molecular weight is 275 g/mol. The Balaban J connectivity index is 2.27. The van der Waals surface area contributed by atoms with Gasteiger partial charge in [0.25, 0.3) is 0 Å². The fourth-order valence-corrected chi connectivity index (χ4v) is 2.90.